The van der Waals surface area contributed by atoms with Crippen LogP contribution in [0.4, 0.5) is 24.7 Å². The molecular formula is C21H20ClF3N4O3. The number of para-hydroxylation sites is 2. The van der Waals surface area contributed by atoms with Crippen molar-refractivity contribution in [3.63, 3.8) is 0 Å². The molecule has 2 saturated heterocycles. The quantitative estimate of drug-likeness (QED) is 0.642. The number of piperazine rings is 1. The van der Waals surface area contributed by atoms with Gasteiger partial charge in [0, 0.05) is 32.4 Å². The summed E-state index contributed by atoms with van der Waals surface area (Å²) >= 11 is 6.05. The molecule has 1 atom stereocenters. The Labute approximate surface area is 187 Å². The van der Waals surface area contributed by atoms with Gasteiger partial charge in [-0.15, -0.1) is 0 Å². The molecule has 170 valence electrons. The first kappa shape index (κ1) is 22.3. The highest BCUT2D eigenvalue weighted by Gasteiger charge is 2.44. The third-order valence-corrected chi connectivity index (χ3v) is 5.93. The summed E-state index contributed by atoms with van der Waals surface area (Å²) in [5.74, 6) is 0.0736. The zero-order valence-electron chi connectivity index (χ0n) is 17.1. The van der Waals surface area contributed by atoms with Crippen molar-refractivity contribution < 1.29 is 27.5 Å². The van der Waals surface area contributed by atoms with Crippen molar-refractivity contribution in [1.82, 2.24) is 9.88 Å². The third-order valence-electron chi connectivity index (χ3n) is 5.65. The Morgan fingerprint density at radius 2 is 1.81 bits per heavy atom. The predicted molar refractivity (Wildman–Crippen MR) is 112 cm³/mol. The van der Waals surface area contributed by atoms with Crippen molar-refractivity contribution in [2.45, 2.75) is 18.6 Å². The molecule has 1 aromatic heterocycles. The first-order chi connectivity index (χ1) is 15.2. The predicted octanol–water partition coefficient (Wildman–Crippen LogP) is 3.22. The number of rotatable bonds is 4. The molecule has 2 aliphatic rings. The fourth-order valence-corrected chi connectivity index (χ4v) is 4.32. The Hall–Kier alpha value is -2.85. The summed E-state index contributed by atoms with van der Waals surface area (Å²) in [5, 5.41) is -0.0808. The fraction of sp³-hybridized carbons (Fsp3) is 0.381. The van der Waals surface area contributed by atoms with Gasteiger partial charge in [-0.05, 0) is 18.2 Å². The number of hydrogen-bond donors (Lipinski definition) is 0. The van der Waals surface area contributed by atoms with Crippen molar-refractivity contribution in [3.05, 3.63) is 47.1 Å². The van der Waals surface area contributed by atoms with Gasteiger partial charge in [0.05, 0.1) is 35.8 Å². The number of imide groups is 1. The minimum Gasteiger partial charge on any atom is -0.495 e. The molecule has 2 fully saturated rings. The number of methoxy groups -OCH3 is 1. The lowest BCUT2D eigenvalue weighted by molar-refractivity contribution is -0.137. The number of amides is 2. The van der Waals surface area contributed by atoms with Crippen LogP contribution in [-0.4, -0.2) is 61.0 Å². The normalized spacial score (nSPS) is 20.2. The van der Waals surface area contributed by atoms with Gasteiger partial charge in [-0.2, -0.15) is 13.2 Å². The molecule has 0 radical (unpaired) electrons. The van der Waals surface area contributed by atoms with Gasteiger partial charge in [0.25, 0.3) is 5.91 Å². The van der Waals surface area contributed by atoms with Gasteiger partial charge in [-0.25, -0.2) is 9.88 Å². The SMILES string of the molecule is COc1ccccc1N1C(=O)CC(N2CCN(c3ncc(C(F)(F)F)cc3Cl)CC2)C1=O. The third kappa shape index (κ3) is 4.12. The number of aromatic nitrogens is 1. The second-order valence-corrected chi connectivity index (χ2v) is 7.92. The van der Waals surface area contributed by atoms with E-state index in [1.165, 1.54) is 7.11 Å². The minimum atomic E-state index is -4.52. The first-order valence-corrected chi connectivity index (χ1v) is 10.3. The van der Waals surface area contributed by atoms with Crippen LogP contribution in [0.2, 0.25) is 5.02 Å². The zero-order valence-corrected chi connectivity index (χ0v) is 17.9. The molecule has 2 amide bonds. The lowest BCUT2D eigenvalue weighted by Crippen LogP contribution is -2.53. The molecule has 0 bridgehead atoms. The summed E-state index contributed by atoms with van der Waals surface area (Å²) < 4.78 is 43.8. The Morgan fingerprint density at radius 1 is 1.12 bits per heavy atom. The van der Waals surface area contributed by atoms with Gasteiger partial charge in [0.1, 0.15) is 11.6 Å². The van der Waals surface area contributed by atoms with Crippen molar-refractivity contribution in [3.8, 4) is 5.75 Å². The van der Waals surface area contributed by atoms with E-state index < -0.39 is 17.8 Å². The van der Waals surface area contributed by atoms with E-state index in [0.717, 1.165) is 17.2 Å². The van der Waals surface area contributed by atoms with Gasteiger partial charge in [-0.3, -0.25) is 14.5 Å². The van der Waals surface area contributed by atoms with Crippen molar-refractivity contribution in [2.75, 3.05) is 43.1 Å². The van der Waals surface area contributed by atoms with E-state index in [0.29, 0.717) is 37.6 Å². The molecule has 0 aliphatic carbocycles. The average Bonchev–Trinajstić information content (AvgIpc) is 3.07. The maximum absolute atomic E-state index is 13.1. The van der Waals surface area contributed by atoms with E-state index in [1.807, 2.05) is 4.90 Å². The van der Waals surface area contributed by atoms with Crippen LogP contribution in [-0.2, 0) is 15.8 Å². The summed E-state index contributed by atoms with van der Waals surface area (Å²) in [6, 6.07) is 7.08. The number of ether oxygens (including phenoxy) is 1. The summed E-state index contributed by atoms with van der Waals surface area (Å²) in [4.78, 5) is 34.5. The largest absolute Gasteiger partial charge is 0.495 e. The number of nitrogens with zero attached hydrogens (tertiary/aromatic N) is 4. The summed E-state index contributed by atoms with van der Waals surface area (Å²) in [6.07, 6.45) is -3.70. The number of carbonyl (C=O) groups excluding carboxylic acids is 2. The van der Waals surface area contributed by atoms with Gasteiger partial charge in [0.2, 0.25) is 5.91 Å². The van der Waals surface area contributed by atoms with Crippen LogP contribution in [0.1, 0.15) is 12.0 Å². The topological polar surface area (TPSA) is 66.0 Å². The van der Waals surface area contributed by atoms with Gasteiger partial charge >= 0.3 is 6.18 Å². The highest BCUT2D eigenvalue weighted by Crippen LogP contribution is 2.35. The fourth-order valence-electron chi connectivity index (χ4n) is 4.03. The monoisotopic (exact) mass is 468 g/mol. The highest BCUT2D eigenvalue weighted by molar-refractivity contribution is 6.33. The van der Waals surface area contributed by atoms with E-state index in [2.05, 4.69) is 4.98 Å². The van der Waals surface area contributed by atoms with Crippen LogP contribution in [0, 0.1) is 0 Å². The molecule has 7 nitrogen and oxygen atoms in total. The number of benzene rings is 1. The first-order valence-electron chi connectivity index (χ1n) is 9.92. The number of anilines is 2. The van der Waals surface area contributed by atoms with Crippen molar-refractivity contribution in [1.29, 1.82) is 0 Å². The van der Waals surface area contributed by atoms with Gasteiger partial charge < -0.3 is 9.64 Å². The molecule has 2 aromatic rings. The Morgan fingerprint density at radius 3 is 2.44 bits per heavy atom. The smallest absolute Gasteiger partial charge is 0.417 e. The van der Waals surface area contributed by atoms with Crippen molar-refractivity contribution in [2.24, 2.45) is 0 Å². The number of carbonyl (C=O) groups is 2. The molecule has 2 aliphatic heterocycles. The van der Waals surface area contributed by atoms with E-state index >= 15 is 0 Å². The highest BCUT2D eigenvalue weighted by atomic mass is 35.5. The van der Waals surface area contributed by atoms with Crippen LogP contribution >= 0.6 is 11.6 Å². The molecule has 32 heavy (non-hydrogen) atoms. The van der Waals surface area contributed by atoms with E-state index in [1.54, 1.807) is 29.2 Å². The number of alkyl halides is 3. The Kier molecular flexibility index (Phi) is 6.00. The van der Waals surface area contributed by atoms with Gasteiger partial charge in [0.15, 0.2) is 0 Å². The Balaban J connectivity index is 1.45. The lowest BCUT2D eigenvalue weighted by atomic mass is 10.1. The van der Waals surface area contributed by atoms with E-state index in [9.17, 15) is 22.8 Å². The average molecular weight is 469 g/mol. The van der Waals surface area contributed by atoms with Crippen molar-refractivity contribution >= 4 is 34.9 Å². The van der Waals surface area contributed by atoms with Crippen LogP contribution in [0.3, 0.4) is 0 Å². The molecular weight excluding hydrogens is 449 g/mol. The maximum atomic E-state index is 13.1. The molecule has 0 N–H and O–H groups in total. The molecule has 4 rings (SSSR count). The van der Waals surface area contributed by atoms with E-state index in [-0.39, 0.29) is 29.1 Å². The number of halogens is 4. The van der Waals surface area contributed by atoms with Crippen LogP contribution < -0.4 is 14.5 Å². The van der Waals surface area contributed by atoms with Crippen LogP contribution in [0.15, 0.2) is 36.5 Å². The summed E-state index contributed by atoms with van der Waals surface area (Å²) in [7, 11) is 1.47. The van der Waals surface area contributed by atoms with Gasteiger partial charge in [-0.1, -0.05) is 23.7 Å². The van der Waals surface area contributed by atoms with Crippen LogP contribution in [0.5, 0.6) is 5.75 Å². The standard InChI is InChI=1S/C21H20ClF3N4O3/c1-32-17-5-3-2-4-15(17)29-18(30)11-16(20(29)31)27-6-8-28(9-7-27)19-14(22)10-13(12-26-19)21(23,24)25/h2-5,10,12,16H,6-9,11H2,1H3. The molecule has 3 heterocycles. The number of hydrogen-bond acceptors (Lipinski definition) is 6. The lowest BCUT2D eigenvalue weighted by Gasteiger charge is -2.37. The second-order valence-electron chi connectivity index (χ2n) is 7.51. The zero-order chi connectivity index (χ0) is 23.0. The molecule has 0 saturated carbocycles. The molecule has 1 aromatic carbocycles. The minimum absolute atomic E-state index is 0.0518. The Bertz CT molecular complexity index is 1040. The van der Waals surface area contributed by atoms with Crippen LogP contribution in [0.25, 0.3) is 0 Å². The maximum Gasteiger partial charge on any atom is 0.417 e. The molecule has 1 unspecified atom stereocenters. The number of pyridine rings is 1. The van der Waals surface area contributed by atoms with E-state index in [4.69, 9.17) is 16.3 Å². The second kappa shape index (κ2) is 8.59. The molecule has 0 spiro atoms. The summed E-state index contributed by atoms with van der Waals surface area (Å²) in [5.41, 5.74) is -0.497. The summed E-state index contributed by atoms with van der Waals surface area (Å²) in [6.45, 7) is 1.68. The molecule has 11 heteroatoms.